The van der Waals surface area contributed by atoms with Crippen LogP contribution in [0.2, 0.25) is 0 Å². The van der Waals surface area contributed by atoms with Crippen LogP contribution in [0, 0.1) is 0 Å². The van der Waals surface area contributed by atoms with Crippen molar-refractivity contribution < 1.29 is 4.74 Å². The van der Waals surface area contributed by atoms with Gasteiger partial charge in [0.25, 0.3) is 0 Å². The van der Waals surface area contributed by atoms with Crippen molar-refractivity contribution in [3.05, 3.63) is 29.8 Å². The number of methoxy groups -OCH3 is 1. The van der Waals surface area contributed by atoms with Gasteiger partial charge in [-0.05, 0) is 37.5 Å². The number of aliphatic imine (C=N–C) groups is 1. The molecule has 2 rings (SSSR count). The van der Waals surface area contributed by atoms with Crippen LogP contribution < -0.4 is 4.74 Å². The molecule has 1 aliphatic heterocycles. The maximum atomic E-state index is 5.19. The summed E-state index contributed by atoms with van der Waals surface area (Å²) in [4.78, 5) is 4.59. The zero-order valence-electron chi connectivity index (χ0n) is 10.3. The average Bonchev–Trinajstić information content (AvgIpc) is 2.33. The highest BCUT2D eigenvalue weighted by atomic mass is 16.5. The summed E-state index contributed by atoms with van der Waals surface area (Å²) in [5.74, 6) is 0.915. The summed E-state index contributed by atoms with van der Waals surface area (Å²) in [5, 5.41) is 0. The quantitative estimate of drug-likeness (QED) is 0.745. The molecular formula is C14H19NO. The third-order valence-electron chi connectivity index (χ3n) is 3.71. The Morgan fingerprint density at radius 1 is 1.25 bits per heavy atom. The molecule has 0 fully saturated rings. The fourth-order valence-electron chi connectivity index (χ4n) is 2.35. The van der Waals surface area contributed by atoms with E-state index in [0.717, 1.165) is 12.3 Å². The van der Waals surface area contributed by atoms with Gasteiger partial charge in [0.05, 0.1) is 7.11 Å². The maximum absolute atomic E-state index is 5.19. The molecule has 0 saturated heterocycles. The predicted octanol–water partition coefficient (Wildman–Crippen LogP) is 3.21. The second kappa shape index (κ2) is 4.28. The summed E-state index contributed by atoms with van der Waals surface area (Å²) in [7, 11) is 1.70. The molecule has 0 aliphatic carbocycles. The summed E-state index contributed by atoms with van der Waals surface area (Å²) < 4.78 is 5.19. The van der Waals surface area contributed by atoms with E-state index in [1.165, 1.54) is 24.1 Å². The van der Waals surface area contributed by atoms with Crippen molar-refractivity contribution >= 4 is 5.71 Å². The van der Waals surface area contributed by atoms with Gasteiger partial charge in [-0.25, -0.2) is 0 Å². The van der Waals surface area contributed by atoms with Crippen LogP contribution >= 0.6 is 0 Å². The van der Waals surface area contributed by atoms with Crippen LogP contribution in [0.5, 0.6) is 5.75 Å². The molecule has 16 heavy (non-hydrogen) atoms. The zero-order chi connectivity index (χ0) is 11.6. The van der Waals surface area contributed by atoms with E-state index in [1.54, 1.807) is 7.11 Å². The summed E-state index contributed by atoms with van der Waals surface area (Å²) in [5.41, 5.74) is 2.71. The average molecular weight is 217 g/mol. The van der Waals surface area contributed by atoms with Gasteiger partial charge in [0.2, 0.25) is 0 Å². The summed E-state index contributed by atoms with van der Waals surface area (Å²) in [6, 6.07) is 8.37. The van der Waals surface area contributed by atoms with Crippen LogP contribution in [0.3, 0.4) is 0 Å². The van der Waals surface area contributed by atoms with Crippen LogP contribution in [0.4, 0.5) is 0 Å². The van der Waals surface area contributed by atoms with Gasteiger partial charge in [0, 0.05) is 17.7 Å². The Morgan fingerprint density at radius 2 is 1.94 bits per heavy atom. The Morgan fingerprint density at radius 3 is 2.50 bits per heavy atom. The van der Waals surface area contributed by atoms with Crippen molar-refractivity contribution in [3.8, 4) is 5.75 Å². The van der Waals surface area contributed by atoms with E-state index in [4.69, 9.17) is 4.74 Å². The first-order valence-corrected chi connectivity index (χ1v) is 5.83. The predicted molar refractivity (Wildman–Crippen MR) is 67.6 cm³/mol. The summed E-state index contributed by atoms with van der Waals surface area (Å²) in [6.45, 7) is 5.41. The lowest BCUT2D eigenvalue weighted by Crippen LogP contribution is -2.33. The zero-order valence-corrected chi connectivity index (χ0v) is 10.3. The number of hydrogen-bond acceptors (Lipinski definition) is 2. The van der Waals surface area contributed by atoms with Crippen molar-refractivity contribution in [1.29, 1.82) is 0 Å². The molecule has 1 heterocycles. The standard InChI is InChI=1S/C14H19NO/c1-11-14(2,9-4-10-15-11)12-5-7-13(16-3)8-6-12/h5-8H,4,9-10H2,1-3H3/t14-/m1/s1. The minimum absolute atomic E-state index is 0.116. The van der Waals surface area contributed by atoms with Crippen molar-refractivity contribution in [3.63, 3.8) is 0 Å². The summed E-state index contributed by atoms with van der Waals surface area (Å²) >= 11 is 0. The van der Waals surface area contributed by atoms with Crippen molar-refractivity contribution in [1.82, 2.24) is 0 Å². The Labute approximate surface area is 97.4 Å². The Kier molecular flexibility index (Phi) is 2.99. The van der Waals surface area contributed by atoms with Crippen LogP contribution in [0.1, 0.15) is 32.3 Å². The SMILES string of the molecule is COc1ccc([C@]2(C)CCCN=C2C)cc1. The fourth-order valence-corrected chi connectivity index (χ4v) is 2.35. The minimum atomic E-state index is 0.116. The smallest absolute Gasteiger partial charge is 0.118 e. The van der Waals surface area contributed by atoms with Gasteiger partial charge < -0.3 is 4.74 Å². The molecule has 86 valence electrons. The highest BCUT2D eigenvalue weighted by molar-refractivity contribution is 5.93. The van der Waals surface area contributed by atoms with E-state index in [0.29, 0.717) is 0 Å². The summed E-state index contributed by atoms with van der Waals surface area (Å²) in [6.07, 6.45) is 2.37. The third-order valence-corrected chi connectivity index (χ3v) is 3.71. The van der Waals surface area contributed by atoms with Crippen molar-refractivity contribution in [2.45, 2.75) is 32.1 Å². The topological polar surface area (TPSA) is 21.6 Å². The van der Waals surface area contributed by atoms with Crippen molar-refractivity contribution in [2.24, 2.45) is 4.99 Å². The van der Waals surface area contributed by atoms with E-state index in [9.17, 15) is 0 Å². The van der Waals surface area contributed by atoms with Gasteiger partial charge in [0.1, 0.15) is 5.75 Å². The minimum Gasteiger partial charge on any atom is -0.497 e. The fraction of sp³-hybridized carbons (Fsp3) is 0.500. The molecule has 0 N–H and O–H groups in total. The number of ether oxygens (including phenoxy) is 1. The van der Waals surface area contributed by atoms with E-state index < -0.39 is 0 Å². The molecule has 1 aliphatic rings. The number of nitrogens with zero attached hydrogens (tertiary/aromatic N) is 1. The highest BCUT2D eigenvalue weighted by Crippen LogP contribution is 2.34. The van der Waals surface area contributed by atoms with E-state index in [-0.39, 0.29) is 5.41 Å². The molecule has 0 amide bonds. The molecule has 0 aromatic heterocycles. The Balaban J connectivity index is 2.34. The van der Waals surface area contributed by atoms with Gasteiger partial charge in [-0.2, -0.15) is 0 Å². The molecule has 1 aromatic carbocycles. The second-order valence-corrected chi connectivity index (χ2v) is 4.63. The number of benzene rings is 1. The number of rotatable bonds is 2. The largest absolute Gasteiger partial charge is 0.497 e. The highest BCUT2D eigenvalue weighted by Gasteiger charge is 2.31. The first-order valence-electron chi connectivity index (χ1n) is 5.83. The van der Waals surface area contributed by atoms with E-state index in [2.05, 4.69) is 31.0 Å². The van der Waals surface area contributed by atoms with Gasteiger partial charge in [-0.3, -0.25) is 4.99 Å². The number of hydrogen-bond donors (Lipinski definition) is 0. The second-order valence-electron chi connectivity index (χ2n) is 4.63. The molecule has 0 radical (unpaired) electrons. The molecule has 0 spiro atoms. The lowest BCUT2D eigenvalue weighted by Gasteiger charge is -2.33. The molecule has 0 unspecified atom stereocenters. The normalized spacial score (nSPS) is 25.1. The Hall–Kier alpha value is -1.31. The molecule has 0 saturated carbocycles. The third kappa shape index (κ3) is 1.84. The van der Waals surface area contributed by atoms with Crippen LogP contribution in [-0.2, 0) is 5.41 Å². The van der Waals surface area contributed by atoms with Gasteiger partial charge >= 0.3 is 0 Å². The first-order chi connectivity index (χ1) is 7.66. The lowest BCUT2D eigenvalue weighted by molar-refractivity contribution is 0.414. The van der Waals surface area contributed by atoms with E-state index in [1.807, 2.05) is 12.1 Å². The van der Waals surface area contributed by atoms with E-state index >= 15 is 0 Å². The van der Waals surface area contributed by atoms with Crippen LogP contribution in [0.15, 0.2) is 29.3 Å². The first kappa shape index (κ1) is 11.2. The van der Waals surface area contributed by atoms with Gasteiger partial charge in [0.15, 0.2) is 0 Å². The maximum Gasteiger partial charge on any atom is 0.118 e. The molecular weight excluding hydrogens is 198 g/mol. The van der Waals surface area contributed by atoms with Crippen molar-refractivity contribution in [2.75, 3.05) is 13.7 Å². The Bertz CT molecular complexity index is 394. The van der Waals surface area contributed by atoms with Gasteiger partial charge in [-0.1, -0.05) is 19.1 Å². The monoisotopic (exact) mass is 217 g/mol. The molecule has 2 heteroatoms. The van der Waals surface area contributed by atoms with Gasteiger partial charge in [-0.15, -0.1) is 0 Å². The molecule has 1 atom stereocenters. The van der Waals surface area contributed by atoms with Crippen LogP contribution in [0.25, 0.3) is 0 Å². The lowest BCUT2D eigenvalue weighted by atomic mass is 9.73. The molecule has 1 aromatic rings. The molecule has 2 nitrogen and oxygen atoms in total. The van der Waals surface area contributed by atoms with Crippen LogP contribution in [-0.4, -0.2) is 19.4 Å². The molecule has 0 bridgehead atoms.